The van der Waals surface area contributed by atoms with E-state index >= 15 is 0 Å². The molecule has 2 aliphatic carbocycles. The van der Waals surface area contributed by atoms with E-state index in [4.69, 9.17) is 4.84 Å². The topological polar surface area (TPSA) is 33.3 Å². The second-order valence-electron chi connectivity index (χ2n) is 6.88. The minimum Gasteiger partial charge on any atom is -0.393 e. The third-order valence-electron chi connectivity index (χ3n) is 5.40. The van der Waals surface area contributed by atoms with Gasteiger partial charge in [-0.1, -0.05) is 66.3 Å². The molecule has 3 aromatic carbocycles. The van der Waals surface area contributed by atoms with Crippen LogP contribution in [0.1, 0.15) is 12.8 Å². The molecule has 2 aliphatic rings. The zero-order valence-electron chi connectivity index (χ0n) is 13.4. The van der Waals surface area contributed by atoms with Gasteiger partial charge in [0.25, 0.3) is 0 Å². The Balaban J connectivity index is 1.45. The summed E-state index contributed by atoms with van der Waals surface area (Å²) in [5.74, 6) is 2.26. The number of hydrogen-bond donors (Lipinski definition) is 2. The molecule has 2 bridgehead atoms. The molecule has 3 unspecified atom stereocenters. The summed E-state index contributed by atoms with van der Waals surface area (Å²) >= 11 is 0. The van der Waals surface area contributed by atoms with Gasteiger partial charge in [-0.05, 0) is 41.5 Å². The summed E-state index contributed by atoms with van der Waals surface area (Å²) in [6.07, 6.45) is 7.15. The quantitative estimate of drug-likeness (QED) is 0.426. The van der Waals surface area contributed by atoms with Gasteiger partial charge in [0.05, 0.1) is 0 Å². The summed E-state index contributed by atoms with van der Waals surface area (Å²) in [6, 6.07) is 19.4. The number of allylic oxidation sites excluding steroid dienone is 1. The van der Waals surface area contributed by atoms with Gasteiger partial charge in [0.15, 0.2) is 5.75 Å². The number of hydrogen-bond acceptors (Lipinski definition) is 3. The van der Waals surface area contributed by atoms with Gasteiger partial charge < -0.3 is 4.84 Å². The largest absolute Gasteiger partial charge is 0.393 e. The van der Waals surface area contributed by atoms with Crippen molar-refractivity contribution in [1.82, 2.24) is 11.0 Å². The number of hydrazine groups is 1. The Kier molecular flexibility index (Phi) is 3.28. The molecule has 1 fully saturated rings. The van der Waals surface area contributed by atoms with E-state index < -0.39 is 0 Å². The second kappa shape index (κ2) is 5.62. The first-order chi connectivity index (χ1) is 11.9. The van der Waals surface area contributed by atoms with Crippen LogP contribution in [0.25, 0.3) is 21.5 Å². The molecular formula is C21H20N2O. The number of fused-ring (bicyclic) bond motifs is 4. The van der Waals surface area contributed by atoms with Crippen molar-refractivity contribution >= 4 is 21.5 Å². The van der Waals surface area contributed by atoms with Crippen LogP contribution in [0.4, 0.5) is 0 Å². The Hall–Kier alpha value is -2.36. The van der Waals surface area contributed by atoms with Crippen molar-refractivity contribution in [2.24, 2.45) is 11.8 Å². The van der Waals surface area contributed by atoms with Crippen LogP contribution in [0.3, 0.4) is 0 Å². The maximum absolute atomic E-state index is 6.02. The van der Waals surface area contributed by atoms with E-state index in [1.807, 2.05) is 0 Å². The van der Waals surface area contributed by atoms with Crippen LogP contribution in [-0.4, -0.2) is 6.04 Å². The standard InChI is InChI=1S/C21H20N2O/c1-3-7-18-15(5-1)13-16-6-2-4-8-19(16)21(18)24-23-22-20-12-14-9-10-17(20)11-14/h1-10,13-14,17,20,22-23H,11-12H2. The van der Waals surface area contributed by atoms with Crippen LogP contribution >= 0.6 is 0 Å². The fourth-order valence-corrected chi connectivity index (χ4v) is 4.18. The highest BCUT2D eigenvalue weighted by Gasteiger charge is 2.35. The summed E-state index contributed by atoms with van der Waals surface area (Å²) in [5.41, 5.74) is 6.40. The van der Waals surface area contributed by atoms with Crippen molar-refractivity contribution in [1.29, 1.82) is 0 Å². The maximum Gasteiger partial charge on any atom is 0.164 e. The summed E-state index contributed by atoms with van der Waals surface area (Å²) in [7, 11) is 0. The lowest BCUT2D eigenvalue weighted by Crippen LogP contribution is -2.44. The van der Waals surface area contributed by atoms with E-state index in [2.05, 4.69) is 77.8 Å². The first kappa shape index (κ1) is 14.0. The Bertz CT molecular complexity index is 879. The van der Waals surface area contributed by atoms with Gasteiger partial charge in [0, 0.05) is 16.8 Å². The summed E-state index contributed by atoms with van der Waals surface area (Å²) in [4.78, 5) is 6.02. The highest BCUT2D eigenvalue weighted by molar-refractivity contribution is 6.05. The van der Waals surface area contributed by atoms with Gasteiger partial charge >= 0.3 is 0 Å². The van der Waals surface area contributed by atoms with E-state index in [9.17, 15) is 0 Å². The molecule has 3 aromatic rings. The molecule has 0 amide bonds. The van der Waals surface area contributed by atoms with Crippen LogP contribution in [0, 0.1) is 11.8 Å². The van der Waals surface area contributed by atoms with Crippen molar-refractivity contribution in [3.8, 4) is 5.75 Å². The minimum absolute atomic E-state index is 0.459. The van der Waals surface area contributed by atoms with Crippen LogP contribution in [0.2, 0.25) is 0 Å². The lowest BCUT2D eigenvalue weighted by molar-refractivity contribution is 0.129. The van der Waals surface area contributed by atoms with Crippen molar-refractivity contribution in [3.05, 3.63) is 66.7 Å². The van der Waals surface area contributed by atoms with E-state index in [1.54, 1.807) is 0 Å². The molecule has 0 spiro atoms. The molecule has 120 valence electrons. The average molecular weight is 316 g/mol. The smallest absolute Gasteiger partial charge is 0.164 e. The predicted molar refractivity (Wildman–Crippen MR) is 97.5 cm³/mol. The molecule has 0 heterocycles. The third kappa shape index (κ3) is 2.29. The Morgan fingerprint density at radius 3 is 2.17 bits per heavy atom. The number of rotatable bonds is 4. The fraction of sp³-hybridized carbons (Fsp3) is 0.238. The molecule has 0 saturated heterocycles. The van der Waals surface area contributed by atoms with Gasteiger partial charge in [-0.3, -0.25) is 0 Å². The van der Waals surface area contributed by atoms with E-state index in [1.165, 1.54) is 23.6 Å². The van der Waals surface area contributed by atoms with Crippen molar-refractivity contribution in [3.63, 3.8) is 0 Å². The molecule has 24 heavy (non-hydrogen) atoms. The predicted octanol–water partition coefficient (Wildman–Crippen LogP) is 4.35. The highest BCUT2D eigenvalue weighted by atomic mass is 16.7. The monoisotopic (exact) mass is 316 g/mol. The summed E-state index contributed by atoms with van der Waals surface area (Å²) in [5, 5.41) is 4.63. The SMILES string of the molecule is C1=CC2CC1CC2NNOc1c2ccccc2cc2ccccc12. The Morgan fingerprint density at radius 2 is 1.54 bits per heavy atom. The first-order valence-electron chi connectivity index (χ1n) is 8.65. The fourth-order valence-electron chi connectivity index (χ4n) is 4.18. The minimum atomic E-state index is 0.459. The average Bonchev–Trinajstić information content (AvgIpc) is 3.24. The van der Waals surface area contributed by atoms with E-state index in [0.29, 0.717) is 12.0 Å². The third-order valence-corrected chi connectivity index (χ3v) is 5.40. The molecular weight excluding hydrogens is 296 g/mol. The Labute approximate surface area is 141 Å². The normalized spacial score (nSPS) is 24.9. The summed E-state index contributed by atoms with van der Waals surface area (Å²) in [6.45, 7) is 0. The lowest BCUT2D eigenvalue weighted by Gasteiger charge is -2.21. The molecule has 5 rings (SSSR count). The Morgan fingerprint density at radius 1 is 0.833 bits per heavy atom. The van der Waals surface area contributed by atoms with Gasteiger partial charge in [-0.15, -0.1) is 0 Å². The van der Waals surface area contributed by atoms with E-state index in [0.717, 1.165) is 22.4 Å². The van der Waals surface area contributed by atoms with Crippen LogP contribution in [0.15, 0.2) is 66.7 Å². The summed E-state index contributed by atoms with van der Waals surface area (Å²) < 4.78 is 0. The molecule has 3 nitrogen and oxygen atoms in total. The van der Waals surface area contributed by atoms with Gasteiger partial charge in [-0.2, -0.15) is 0 Å². The van der Waals surface area contributed by atoms with Crippen molar-refractivity contribution in [2.45, 2.75) is 18.9 Å². The molecule has 3 atom stereocenters. The molecule has 2 N–H and O–H groups in total. The van der Waals surface area contributed by atoms with Crippen LogP contribution < -0.4 is 15.9 Å². The van der Waals surface area contributed by atoms with Gasteiger partial charge in [-0.25, -0.2) is 5.43 Å². The number of benzene rings is 3. The zero-order chi connectivity index (χ0) is 15.9. The second-order valence-corrected chi connectivity index (χ2v) is 6.88. The van der Waals surface area contributed by atoms with Crippen molar-refractivity contribution in [2.75, 3.05) is 0 Å². The first-order valence-corrected chi connectivity index (χ1v) is 8.65. The lowest BCUT2D eigenvalue weighted by atomic mass is 10.0. The number of nitrogens with one attached hydrogen (secondary N) is 2. The maximum atomic E-state index is 6.02. The molecule has 0 aliphatic heterocycles. The molecule has 1 saturated carbocycles. The zero-order valence-corrected chi connectivity index (χ0v) is 13.4. The molecule has 0 aromatic heterocycles. The highest BCUT2D eigenvalue weighted by Crippen LogP contribution is 2.39. The van der Waals surface area contributed by atoms with Crippen LogP contribution in [-0.2, 0) is 0 Å². The van der Waals surface area contributed by atoms with E-state index in [-0.39, 0.29) is 0 Å². The van der Waals surface area contributed by atoms with Crippen LogP contribution in [0.5, 0.6) is 5.75 Å². The van der Waals surface area contributed by atoms with Crippen molar-refractivity contribution < 1.29 is 4.84 Å². The van der Waals surface area contributed by atoms with Gasteiger partial charge in [0.1, 0.15) is 0 Å². The van der Waals surface area contributed by atoms with Gasteiger partial charge in [0.2, 0.25) is 0 Å². The molecule has 3 heteroatoms. The molecule has 0 radical (unpaired) electrons.